The summed E-state index contributed by atoms with van der Waals surface area (Å²) in [6.45, 7) is 7.36. The number of ether oxygens (including phenoxy) is 1. The second kappa shape index (κ2) is 5.51. The number of hydrogen-bond acceptors (Lipinski definition) is 4. The topological polar surface area (TPSA) is 56.1 Å². The van der Waals surface area contributed by atoms with Crippen LogP contribution in [0.3, 0.4) is 0 Å². The Labute approximate surface area is 117 Å². The molecule has 0 saturated carbocycles. The van der Waals surface area contributed by atoms with Crippen LogP contribution in [-0.2, 0) is 11.3 Å². The summed E-state index contributed by atoms with van der Waals surface area (Å²) in [5.74, 6) is 0. The molecule has 0 radical (unpaired) electrons. The maximum atomic E-state index is 12.0. The van der Waals surface area contributed by atoms with Crippen molar-refractivity contribution in [3.8, 4) is 0 Å². The Morgan fingerprint density at radius 1 is 1.68 bits per heavy atom. The van der Waals surface area contributed by atoms with Gasteiger partial charge in [0, 0.05) is 13.2 Å². The fourth-order valence-electron chi connectivity index (χ4n) is 2.23. The molecule has 0 aromatic carbocycles. The molecule has 19 heavy (non-hydrogen) atoms. The van der Waals surface area contributed by atoms with E-state index in [2.05, 4.69) is 17.3 Å². The predicted octanol–water partition coefficient (Wildman–Crippen LogP) is 2.29. The first kappa shape index (κ1) is 14.3. The van der Waals surface area contributed by atoms with E-state index in [1.54, 1.807) is 6.20 Å². The minimum Gasteiger partial charge on any atom is -0.376 e. The Hall–Kier alpha value is -1.07. The molecular formula is C13H20ClN3O2. The summed E-state index contributed by atoms with van der Waals surface area (Å²) in [5.41, 5.74) is 0.122. The van der Waals surface area contributed by atoms with Crippen molar-refractivity contribution >= 4 is 17.3 Å². The molecule has 106 valence electrons. The number of nitrogens with one attached hydrogen (secondary N) is 1. The fourth-order valence-corrected chi connectivity index (χ4v) is 2.42. The van der Waals surface area contributed by atoms with Crippen molar-refractivity contribution in [1.82, 2.24) is 9.78 Å². The molecule has 1 aliphatic rings. The number of rotatable bonds is 4. The highest BCUT2D eigenvalue weighted by atomic mass is 35.5. The lowest BCUT2D eigenvalue weighted by Crippen LogP contribution is -2.42. The molecule has 2 atom stereocenters. The Bertz CT molecular complexity index is 517. The summed E-state index contributed by atoms with van der Waals surface area (Å²) in [5, 5.41) is 7.65. The summed E-state index contributed by atoms with van der Waals surface area (Å²) in [7, 11) is 0. The van der Waals surface area contributed by atoms with Gasteiger partial charge in [0.15, 0.2) is 0 Å². The predicted molar refractivity (Wildman–Crippen MR) is 75.9 cm³/mol. The summed E-state index contributed by atoms with van der Waals surface area (Å²) in [4.78, 5) is 12.0. The van der Waals surface area contributed by atoms with E-state index in [0.717, 1.165) is 12.8 Å². The van der Waals surface area contributed by atoms with E-state index in [4.69, 9.17) is 16.3 Å². The molecule has 1 fully saturated rings. The molecular weight excluding hydrogens is 266 g/mol. The summed E-state index contributed by atoms with van der Waals surface area (Å²) < 4.78 is 6.96. The fraction of sp³-hybridized carbons (Fsp3) is 0.692. The Morgan fingerprint density at radius 3 is 3.00 bits per heavy atom. The SMILES string of the molecule is CCCn1ncc(NC2(C)CCOC2C)c(Cl)c1=O. The van der Waals surface area contributed by atoms with Crippen LogP contribution in [0.15, 0.2) is 11.0 Å². The average molecular weight is 286 g/mol. The molecule has 1 saturated heterocycles. The van der Waals surface area contributed by atoms with Gasteiger partial charge in [-0.1, -0.05) is 18.5 Å². The average Bonchev–Trinajstić information content (AvgIpc) is 2.70. The Balaban J connectivity index is 2.27. The summed E-state index contributed by atoms with van der Waals surface area (Å²) in [6, 6.07) is 0. The largest absolute Gasteiger partial charge is 0.376 e. The maximum absolute atomic E-state index is 12.0. The van der Waals surface area contributed by atoms with Crippen LogP contribution in [0.1, 0.15) is 33.6 Å². The Morgan fingerprint density at radius 2 is 2.42 bits per heavy atom. The highest BCUT2D eigenvalue weighted by molar-refractivity contribution is 6.32. The van der Waals surface area contributed by atoms with Gasteiger partial charge in [-0.3, -0.25) is 4.79 Å². The molecule has 5 nitrogen and oxygen atoms in total. The van der Waals surface area contributed by atoms with Gasteiger partial charge in [-0.2, -0.15) is 5.10 Å². The molecule has 1 aliphatic heterocycles. The molecule has 1 aromatic rings. The highest BCUT2D eigenvalue weighted by Gasteiger charge is 2.37. The normalized spacial score (nSPS) is 26.6. The van der Waals surface area contributed by atoms with E-state index in [0.29, 0.717) is 18.8 Å². The molecule has 1 aromatic heterocycles. The molecule has 1 N–H and O–H groups in total. The van der Waals surface area contributed by atoms with Gasteiger partial charge in [-0.05, 0) is 26.7 Å². The lowest BCUT2D eigenvalue weighted by atomic mass is 9.94. The number of nitrogens with zero attached hydrogens (tertiary/aromatic N) is 2. The summed E-state index contributed by atoms with van der Waals surface area (Å²) in [6.07, 6.45) is 3.42. The summed E-state index contributed by atoms with van der Waals surface area (Å²) >= 11 is 6.15. The van der Waals surface area contributed by atoms with E-state index in [1.807, 2.05) is 13.8 Å². The highest BCUT2D eigenvalue weighted by Crippen LogP contribution is 2.30. The van der Waals surface area contributed by atoms with Gasteiger partial charge >= 0.3 is 0 Å². The minimum atomic E-state index is -0.247. The smallest absolute Gasteiger partial charge is 0.287 e. The van der Waals surface area contributed by atoms with Crippen LogP contribution in [0.5, 0.6) is 0 Å². The van der Waals surface area contributed by atoms with Crippen molar-refractivity contribution < 1.29 is 4.74 Å². The first-order chi connectivity index (χ1) is 8.98. The van der Waals surface area contributed by atoms with Crippen LogP contribution in [-0.4, -0.2) is 28.0 Å². The molecule has 0 amide bonds. The molecule has 2 rings (SSSR count). The van der Waals surface area contributed by atoms with Crippen molar-refractivity contribution in [2.45, 2.75) is 51.8 Å². The number of aryl methyl sites for hydroxylation is 1. The second-order valence-corrected chi connectivity index (χ2v) is 5.58. The zero-order chi connectivity index (χ0) is 14.0. The van der Waals surface area contributed by atoms with E-state index < -0.39 is 0 Å². The van der Waals surface area contributed by atoms with Crippen molar-refractivity contribution in [2.75, 3.05) is 11.9 Å². The number of halogens is 1. The number of aromatic nitrogens is 2. The van der Waals surface area contributed by atoms with Crippen LogP contribution in [0.25, 0.3) is 0 Å². The molecule has 0 bridgehead atoms. The van der Waals surface area contributed by atoms with E-state index in [9.17, 15) is 4.79 Å². The van der Waals surface area contributed by atoms with Crippen molar-refractivity contribution in [2.24, 2.45) is 0 Å². The number of hydrogen-bond donors (Lipinski definition) is 1. The molecule has 6 heteroatoms. The van der Waals surface area contributed by atoms with Gasteiger partial charge in [0.2, 0.25) is 0 Å². The number of anilines is 1. The van der Waals surface area contributed by atoms with Crippen molar-refractivity contribution in [3.05, 3.63) is 21.6 Å². The lowest BCUT2D eigenvalue weighted by molar-refractivity contribution is 0.105. The van der Waals surface area contributed by atoms with Gasteiger partial charge in [0.1, 0.15) is 5.02 Å². The maximum Gasteiger partial charge on any atom is 0.287 e. The van der Waals surface area contributed by atoms with Gasteiger partial charge in [0.25, 0.3) is 5.56 Å². The first-order valence-corrected chi connectivity index (χ1v) is 7.01. The van der Waals surface area contributed by atoms with Gasteiger partial charge in [-0.15, -0.1) is 0 Å². The lowest BCUT2D eigenvalue weighted by Gasteiger charge is -2.30. The molecule has 2 unspecified atom stereocenters. The Kier molecular flexibility index (Phi) is 4.16. The van der Waals surface area contributed by atoms with Crippen LogP contribution >= 0.6 is 11.6 Å². The third-order valence-electron chi connectivity index (χ3n) is 3.73. The van der Waals surface area contributed by atoms with Crippen LogP contribution in [0, 0.1) is 0 Å². The standard InChI is InChI=1S/C13H20ClN3O2/c1-4-6-17-12(18)11(14)10(8-15-17)16-13(3)5-7-19-9(13)2/h8-9,16H,4-7H2,1-3H3. The van der Waals surface area contributed by atoms with E-state index in [1.165, 1.54) is 4.68 Å². The first-order valence-electron chi connectivity index (χ1n) is 6.63. The molecule has 0 aliphatic carbocycles. The van der Waals surface area contributed by atoms with E-state index >= 15 is 0 Å². The van der Waals surface area contributed by atoms with Crippen LogP contribution in [0.2, 0.25) is 5.02 Å². The van der Waals surface area contributed by atoms with Crippen molar-refractivity contribution in [1.29, 1.82) is 0 Å². The van der Waals surface area contributed by atoms with Crippen LogP contribution in [0.4, 0.5) is 5.69 Å². The van der Waals surface area contributed by atoms with Gasteiger partial charge in [0.05, 0.1) is 23.5 Å². The second-order valence-electron chi connectivity index (χ2n) is 5.21. The third kappa shape index (κ3) is 2.77. The van der Waals surface area contributed by atoms with Crippen molar-refractivity contribution in [3.63, 3.8) is 0 Å². The third-order valence-corrected chi connectivity index (χ3v) is 4.09. The van der Waals surface area contributed by atoms with Gasteiger partial charge in [-0.25, -0.2) is 4.68 Å². The van der Waals surface area contributed by atoms with Gasteiger partial charge < -0.3 is 10.1 Å². The zero-order valence-corrected chi connectivity index (χ0v) is 12.3. The monoisotopic (exact) mass is 285 g/mol. The minimum absolute atomic E-state index is 0.0710. The quantitative estimate of drug-likeness (QED) is 0.922. The van der Waals surface area contributed by atoms with E-state index in [-0.39, 0.29) is 22.2 Å². The molecule has 2 heterocycles. The molecule has 0 spiro atoms. The van der Waals surface area contributed by atoms with Crippen LogP contribution < -0.4 is 10.9 Å². The zero-order valence-electron chi connectivity index (χ0n) is 11.6.